The summed E-state index contributed by atoms with van der Waals surface area (Å²) in [5.74, 6) is 2.44. The molecule has 0 aliphatic rings. The average Bonchev–Trinajstić information content (AvgIpc) is 2.88. The first-order chi connectivity index (χ1) is 16.7. The van der Waals surface area contributed by atoms with Crippen LogP contribution in [0.5, 0.6) is 23.0 Å². The summed E-state index contributed by atoms with van der Waals surface area (Å²) < 4.78 is 18.1. The first-order valence-electron chi connectivity index (χ1n) is 10.8. The molecule has 6 heteroatoms. The van der Waals surface area contributed by atoms with Gasteiger partial charge in [-0.05, 0) is 35.9 Å². The van der Waals surface area contributed by atoms with Gasteiger partial charge in [-0.2, -0.15) is 0 Å². The van der Waals surface area contributed by atoms with Crippen LogP contribution in [0.1, 0.15) is 5.56 Å². The van der Waals surface area contributed by atoms with Crippen molar-refractivity contribution in [2.45, 2.75) is 6.61 Å². The molecule has 5 aromatic rings. The van der Waals surface area contributed by atoms with Gasteiger partial charge < -0.3 is 14.2 Å². The van der Waals surface area contributed by atoms with E-state index < -0.39 is 0 Å². The fourth-order valence-electron chi connectivity index (χ4n) is 4.06. The van der Waals surface area contributed by atoms with Crippen LogP contribution >= 0.6 is 0 Å². The van der Waals surface area contributed by atoms with E-state index in [1.165, 1.54) is 6.07 Å². The third-order valence-electron chi connectivity index (χ3n) is 5.66. The maximum Gasteiger partial charge on any atom is 0.277 e. The third-order valence-corrected chi connectivity index (χ3v) is 5.66. The lowest BCUT2D eigenvalue weighted by Crippen LogP contribution is -1.98. The Bertz CT molecular complexity index is 1500. The first-order valence-corrected chi connectivity index (χ1v) is 10.8. The van der Waals surface area contributed by atoms with E-state index in [0.29, 0.717) is 40.4 Å². The predicted molar refractivity (Wildman–Crippen MR) is 132 cm³/mol. The minimum Gasteiger partial charge on any atom is -0.496 e. The second-order valence-corrected chi connectivity index (χ2v) is 7.71. The van der Waals surface area contributed by atoms with Crippen molar-refractivity contribution < 1.29 is 19.1 Å². The van der Waals surface area contributed by atoms with Gasteiger partial charge in [0, 0.05) is 16.8 Å². The van der Waals surface area contributed by atoms with Crippen molar-refractivity contribution in [3.8, 4) is 23.0 Å². The summed E-state index contributed by atoms with van der Waals surface area (Å²) in [5, 5.41) is 14.3. The lowest BCUT2D eigenvalue weighted by molar-refractivity contribution is -0.383. The predicted octanol–water partition coefficient (Wildman–Crippen LogP) is 7.28. The van der Waals surface area contributed by atoms with Crippen molar-refractivity contribution in [2.75, 3.05) is 7.11 Å². The van der Waals surface area contributed by atoms with Gasteiger partial charge in [-0.15, -0.1) is 0 Å². The van der Waals surface area contributed by atoms with Crippen LogP contribution in [0.4, 0.5) is 5.69 Å². The number of benzene rings is 5. The van der Waals surface area contributed by atoms with E-state index in [-0.39, 0.29) is 10.6 Å². The number of nitro groups is 1. The number of non-ortho nitro benzene ring substituents is 1. The lowest BCUT2D eigenvalue weighted by atomic mass is 10.1. The van der Waals surface area contributed by atoms with E-state index in [2.05, 4.69) is 0 Å². The van der Waals surface area contributed by atoms with Gasteiger partial charge in [-0.25, -0.2) is 0 Å². The van der Waals surface area contributed by atoms with E-state index in [1.54, 1.807) is 25.3 Å². The summed E-state index contributed by atoms with van der Waals surface area (Å²) in [5.41, 5.74) is 1.08. The molecule has 0 atom stereocenters. The van der Waals surface area contributed by atoms with Gasteiger partial charge in [-0.3, -0.25) is 10.1 Å². The van der Waals surface area contributed by atoms with Crippen LogP contribution in [0.25, 0.3) is 21.5 Å². The van der Waals surface area contributed by atoms with Gasteiger partial charge in [0.25, 0.3) is 5.69 Å². The SMILES string of the molecule is COc1ccc(Oc2ccc([N+](=O)[O-])c3ccccc23)c2c(OCc3ccccc3)cccc12. The number of nitro benzene ring substituents is 1. The van der Waals surface area contributed by atoms with E-state index >= 15 is 0 Å². The molecule has 0 fully saturated rings. The van der Waals surface area contributed by atoms with Crippen molar-refractivity contribution in [2.24, 2.45) is 0 Å². The molecule has 0 bridgehead atoms. The van der Waals surface area contributed by atoms with E-state index in [4.69, 9.17) is 14.2 Å². The smallest absolute Gasteiger partial charge is 0.277 e. The Morgan fingerprint density at radius 2 is 1.35 bits per heavy atom. The standard InChI is InChI=1S/C28H21NO5/c1-32-24-16-17-27(34-25-15-14-23(29(30)31)20-10-5-6-11-21(20)25)28-22(24)12-7-13-26(28)33-18-19-8-3-2-4-9-19/h2-17H,18H2,1H3. The molecule has 0 unspecified atom stereocenters. The van der Waals surface area contributed by atoms with E-state index in [9.17, 15) is 10.1 Å². The molecule has 0 aliphatic carbocycles. The summed E-state index contributed by atoms with van der Waals surface area (Å²) in [6.45, 7) is 0.400. The zero-order valence-electron chi connectivity index (χ0n) is 18.4. The Labute approximate surface area is 196 Å². The molecule has 0 aromatic heterocycles. The van der Waals surface area contributed by atoms with E-state index in [1.807, 2.05) is 72.8 Å². The Morgan fingerprint density at radius 1 is 0.676 bits per heavy atom. The third kappa shape index (κ3) is 3.97. The normalized spacial score (nSPS) is 10.9. The second kappa shape index (κ2) is 9.11. The number of hydrogen-bond donors (Lipinski definition) is 0. The molecule has 5 rings (SSSR count). The molecule has 0 saturated carbocycles. The summed E-state index contributed by atoms with van der Waals surface area (Å²) in [7, 11) is 1.62. The van der Waals surface area contributed by atoms with Gasteiger partial charge in [0.2, 0.25) is 0 Å². The molecule has 5 aromatic carbocycles. The van der Waals surface area contributed by atoms with Crippen LogP contribution in [-0.2, 0) is 6.61 Å². The Morgan fingerprint density at radius 3 is 2.12 bits per heavy atom. The van der Waals surface area contributed by atoms with Crippen LogP contribution in [0.15, 0.2) is 97.1 Å². The highest BCUT2D eigenvalue weighted by molar-refractivity contribution is 5.99. The average molecular weight is 451 g/mol. The van der Waals surface area contributed by atoms with Crippen LogP contribution in [0.2, 0.25) is 0 Å². The van der Waals surface area contributed by atoms with Gasteiger partial charge >= 0.3 is 0 Å². The number of ether oxygens (including phenoxy) is 3. The molecule has 0 N–H and O–H groups in total. The maximum absolute atomic E-state index is 11.5. The molecule has 6 nitrogen and oxygen atoms in total. The molecule has 168 valence electrons. The first kappa shape index (κ1) is 21.3. The zero-order valence-corrected chi connectivity index (χ0v) is 18.4. The minimum atomic E-state index is -0.385. The highest BCUT2D eigenvalue weighted by Gasteiger charge is 2.18. The van der Waals surface area contributed by atoms with Crippen molar-refractivity contribution in [3.05, 3.63) is 113 Å². The molecular formula is C28H21NO5. The molecule has 0 saturated heterocycles. The molecule has 0 radical (unpaired) electrons. The topological polar surface area (TPSA) is 70.8 Å². The molecular weight excluding hydrogens is 430 g/mol. The van der Waals surface area contributed by atoms with Crippen molar-refractivity contribution >= 4 is 27.2 Å². The minimum absolute atomic E-state index is 0.0365. The zero-order chi connectivity index (χ0) is 23.5. The summed E-state index contributed by atoms with van der Waals surface area (Å²) in [4.78, 5) is 11.1. The van der Waals surface area contributed by atoms with Crippen LogP contribution in [-0.4, -0.2) is 12.0 Å². The molecule has 34 heavy (non-hydrogen) atoms. The van der Waals surface area contributed by atoms with Gasteiger partial charge in [0.1, 0.15) is 29.6 Å². The number of methoxy groups -OCH3 is 1. The second-order valence-electron chi connectivity index (χ2n) is 7.71. The molecule has 0 amide bonds. The Balaban J connectivity index is 1.61. The van der Waals surface area contributed by atoms with Crippen molar-refractivity contribution in [3.63, 3.8) is 0 Å². The Hall–Kier alpha value is -4.58. The van der Waals surface area contributed by atoms with Crippen LogP contribution in [0, 0.1) is 10.1 Å². The fourth-order valence-corrected chi connectivity index (χ4v) is 4.06. The number of nitrogens with zero attached hydrogens (tertiary/aromatic N) is 1. The molecule has 0 spiro atoms. The monoisotopic (exact) mass is 451 g/mol. The van der Waals surface area contributed by atoms with Gasteiger partial charge in [-0.1, -0.05) is 60.7 Å². The van der Waals surface area contributed by atoms with Crippen LogP contribution < -0.4 is 14.2 Å². The summed E-state index contributed by atoms with van der Waals surface area (Å²) >= 11 is 0. The van der Waals surface area contributed by atoms with Gasteiger partial charge in [0.05, 0.1) is 22.8 Å². The number of hydrogen-bond acceptors (Lipinski definition) is 5. The van der Waals surface area contributed by atoms with Crippen molar-refractivity contribution in [1.29, 1.82) is 0 Å². The summed E-state index contributed by atoms with van der Waals surface area (Å²) in [6, 6.07) is 29.6. The molecule has 0 aliphatic heterocycles. The molecule has 0 heterocycles. The Kier molecular flexibility index (Phi) is 5.70. The van der Waals surface area contributed by atoms with Gasteiger partial charge in [0.15, 0.2) is 0 Å². The maximum atomic E-state index is 11.5. The highest BCUT2D eigenvalue weighted by Crippen LogP contribution is 2.43. The quantitative estimate of drug-likeness (QED) is 0.192. The largest absolute Gasteiger partial charge is 0.496 e. The highest BCUT2D eigenvalue weighted by atomic mass is 16.6. The number of rotatable bonds is 7. The fraction of sp³-hybridized carbons (Fsp3) is 0.0714. The lowest BCUT2D eigenvalue weighted by Gasteiger charge is -2.16. The van der Waals surface area contributed by atoms with Crippen LogP contribution in [0.3, 0.4) is 0 Å². The van der Waals surface area contributed by atoms with Crippen molar-refractivity contribution in [1.82, 2.24) is 0 Å². The summed E-state index contributed by atoms with van der Waals surface area (Å²) in [6.07, 6.45) is 0. The van der Waals surface area contributed by atoms with E-state index in [0.717, 1.165) is 16.3 Å². The number of fused-ring (bicyclic) bond motifs is 2.